The van der Waals surface area contributed by atoms with E-state index in [1.807, 2.05) is 0 Å². The molecular formula is C12H25NS. The molecular weight excluding hydrogens is 190 g/mol. The van der Waals surface area contributed by atoms with Crippen molar-refractivity contribution in [3.63, 3.8) is 0 Å². The maximum absolute atomic E-state index is 3.49. The predicted octanol–water partition coefficient (Wildman–Crippen LogP) is 3.70. The fraction of sp³-hybridized carbons (Fsp3) is 1.00. The van der Waals surface area contributed by atoms with Crippen LogP contribution in [0.25, 0.3) is 0 Å². The second kappa shape index (κ2) is 6.02. The molecule has 0 spiro atoms. The van der Waals surface area contributed by atoms with Gasteiger partial charge in [0.25, 0.3) is 0 Å². The molecule has 1 fully saturated rings. The van der Waals surface area contributed by atoms with Crippen molar-refractivity contribution in [1.29, 1.82) is 0 Å². The van der Waals surface area contributed by atoms with Gasteiger partial charge in [-0.05, 0) is 43.8 Å². The summed E-state index contributed by atoms with van der Waals surface area (Å²) in [5.74, 6) is 2.75. The lowest BCUT2D eigenvalue weighted by Gasteiger charge is -2.34. The van der Waals surface area contributed by atoms with Gasteiger partial charge in [0.1, 0.15) is 0 Å². The van der Waals surface area contributed by atoms with Crippen LogP contribution in [0.1, 0.15) is 46.5 Å². The fourth-order valence-electron chi connectivity index (χ4n) is 2.61. The maximum Gasteiger partial charge on any atom is 0.0171 e. The monoisotopic (exact) mass is 215 g/mol. The topological polar surface area (TPSA) is 12.0 Å². The molecule has 3 unspecified atom stereocenters. The standard InChI is InChI=1S/C12H25NS/c1-9(2)11-6-5-7-12(8-11)10(3)13-14-4/h9-13H,5-8H2,1-4H3. The Morgan fingerprint density at radius 1 is 1.14 bits per heavy atom. The first kappa shape index (κ1) is 12.4. The Morgan fingerprint density at radius 3 is 2.36 bits per heavy atom. The molecule has 14 heavy (non-hydrogen) atoms. The van der Waals surface area contributed by atoms with Crippen LogP contribution in [0.5, 0.6) is 0 Å². The van der Waals surface area contributed by atoms with Gasteiger partial charge >= 0.3 is 0 Å². The van der Waals surface area contributed by atoms with Crippen molar-refractivity contribution < 1.29 is 0 Å². The van der Waals surface area contributed by atoms with Crippen LogP contribution in [0.2, 0.25) is 0 Å². The first-order chi connectivity index (χ1) is 6.65. The van der Waals surface area contributed by atoms with Gasteiger partial charge in [-0.15, -0.1) is 0 Å². The lowest BCUT2D eigenvalue weighted by Crippen LogP contribution is -2.33. The number of hydrogen-bond donors (Lipinski definition) is 1. The minimum Gasteiger partial charge on any atom is -0.261 e. The predicted molar refractivity (Wildman–Crippen MR) is 66.4 cm³/mol. The van der Waals surface area contributed by atoms with E-state index in [-0.39, 0.29) is 0 Å². The van der Waals surface area contributed by atoms with Crippen molar-refractivity contribution >= 4 is 11.9 Å². The van der Waals surface area contributed by atoms with E-state index < -0.39 is 0 Å². The Labute approximate surface area is 93.6 Å². The zero-order valence-electron chi connectivity index (χ0n) is 10.0. The molecule has 0 bridgehead atoms. The summed E-state index contributed by atoms with van der Waals surface area (Å²) in [6.07, 6.45) is 7.89. The highest BCUT2D eigenvalue weighted by Crippen LogP contribution is 2.35. The lowest BCUT2D eigenvalue weighted by molar-refractivity contribution is 0.193. The third-order valence-electron chi connectivity index (χ3n) is 3.71. The van der Waals surface area contributed by atoms with Crippen LogP contribution in [-0.4, -0.2) is 12.3 Å². The van der Waals surface area contributed by atoms with Gasteiger partial charge in [-0.2, -0.15) is 0 Å². The third kappa shape index (κ3) is 3.47. The quantitative estimate of drug-likeness (QED) is 0.718. The second-order valence-corrected chi connectivity index (χ2v) is 5.69. The summed E-state index contributed by atoms with van der Waals surface area (Å²) in [5.41, 5.74) is 0. The highest BCUT2D eigenvalue weighted by molar-refractivity contribution is 7.96. The summed E-state index contributed by atoms with van der Waals surface area (Å²) in [5, 5.41) is 0. The first-order valence-corrected chi connectivity index (χ1v) is 7.16. The van der Waals surface area contributed by atoms with E-state index in [1.54, 1.807) is 11.9 Å². The molecule has 0 radical (unpaired) electrons. The van der Waals surface area contributed by atoms with Gasteiger partial charge in [0, 0.05) is 6.04 Å². The Bertz CT molecular complexity index is 158. The Morgan fingerprint density at radius 2 is 1.79 bits per heavy atom. The van der Waals surface area contributed by atoms with Crippen LogP contribution >= 0.6 is 11.9 Å². The molecule has 0 heterocycles. The molecule has 1 saturated carbocycles. The van der Waals surface area contributed by atoms with Crippen molar-refractivity contribution in [3.05, 3.63) is 0 Å². The second-order valence-electron chi connectivity index (χ2n) is 5.04. The minimum atomic E-state index is 0.687. The largest absolute Gasteiger partial charge is 0.261 e. The molecule has 1 aliphatic rings. The average molecular weight is 215 g/mol. The Kier molecular flexibility index (Phi) is 5.32. The zero-order valence-corrected chi connectivity index (χ0v) is 10.9. The van der Waals surface area contributed by atoms with E-state index in [0.29, 0.717) is 6.04 Å². The zero-order chi connectivity index (χ0) is 10.6. The van der Waals surface area contributed by atoms with E-state index in [9.17, 15) is 0 Å². The van der Waals surface area contributed by atoms with E-state index in [1.165, 1.54) is 25.7 Å². The maximum atomic E-state index is 3.49. The van der Waals surface area contributed by atoms with Crippen molar-refractivity contribution in [2.24, 2.45) is 17.8 Å². The molecule has 1 aliphatic carbocycles. The SMILES string of the molecule is CSNC(C)C1CCCC(C(C)C)C1. The van der Waals surface area contributed by atoms with Crippen molar-refractivity contribution in [3.8, 4) is 0 Å². The van der Waals surface area contributed by atoms with Crippen LogP contribution in [0.4, 0.5) is 0 Å². The summed E-state index contributed by atoms with van der Waals surface area (Å²) >= 11 is 1.76. The molecule has 0 aromatic carbocycles. The van der Waals surface area contributed by atoms with Crippen LogP contribution in [-0.2, 0) is 0 Å². The smallest absolute Gasteiger partial charge is 0.0171 e. The minimum absolute atomic E-state index is 0.687. The van der Waals surface area contributed by atoms with Crippen LogP contribution in [0.15, 0.2) is 0 Å². The van der Waals surface area contributed by atoms with E-state index in [0.717, 1.165) is 17.8 Å². The molecule has 0 saturated heterocycles. The summed E-state index contributed by atoms with van der Waals surface area (Å²) in [6.45, 7) is 7.09. The highest BCUT2D eigenvalue weighted by atomic mass is 32.2. The van der Waals surface area contributed by atoms with Crippen LogP contribution in [0, 0.1) is 17.8 Å². The number of nitrogens with one attached hydrogen (secondary N) is 1. The molecule has 0 aliphatic heterocycles. The molecule has 2 heteroatoms. The van der Waals surface area contributed by atoms with Crippen molar-refractivity contribution in [1.82, 2.24) is 4.72 Å². The Hall–Kier alpha value is 0.310. The summed E-state index contributed by atoms with van der Waals surface area (Å²) in [6, 6.07) is 0.687. The van der Waals surface area contributed by atoms with Gasteiger partial charge in [-0.1, -0.05) is 38.6 Å². The fourth-order valence-corrected chi connectivity index (χ4v) is 3.17. The normalized spacial score (nSPS) is 30.6. The van der Waals surface area contributed by atoms with Crippen LogP contribution < -0.4 is 4.72 Å². The third-order valence-corrected chi connectivity index (χ3v) is 4.32. The summed E-state index contributed by atoms with van der Waals surface area (Å²) < 4.78 is 3.49. The van der Waals surface area contributed by atoms with Crippen molar-refractivity contribution in [2.75, 3.05) is 6.26 Å². The van der Waals surface area contributed by atoms with Gasteiger partial charge in [0.2, 0.25) is 0 Å². The van der Waals surface area contributed by atoms with Gasteiger partial charge in [0.15, 0.2) is 0 Å². The average Bonchev–Trinajstić information content (AvgIpc) is 2.18. The molecule has 0 amide bonds. The molecule has 0 aromatic rings. The summed E-state index contributed by atoms with van der Waals surface area (Å²) in [4.78, 5) is 0. The molecule has 1 nitrogen and oxygen atoms in total. The Balaban J connectivity index is 2.39. The molecule has 1 N–H and O–H groups in total. The molecule has 1 rings (SSSR count). The van der Waals surface area contributed by atoms with Crippen molar-refractivity contribution in [2.45, 2.75) is 52.5 Å². The van der Waals surface area contributed by atoms with E-state index in [4.69, 9.17) is 0 Å². The lowest BCUT2D eigenvalue weighted by atomic mass is 9.74. The number of hydrogen-bond acceptors (Lipinski definition) is 2. The summed E-state index contributed by atoms with van der Waals surface area (Å²) in [7, 11) is 0. The first-order valence-electron chi connectivity index (χ1n) is 5.93. The van der Waals surface area contributed by atoms with Gasteiger partial charge in [-0.25, -0.2) is 0 Å². The number of rotatable bonds is 4. The highest BCUT2D eigenvalue weighted by Gasteiger charge is 2.27. The van der Waals surface area contributed by atoms with E-state index >= 15 is 0 Å². The molecule has 3 atom stereocenters. The van der Waals surface area contributed by atoms with Gasteiger partial charge in [-0.3, -0.25) is 4.72 Å². The van der Waals surface area contributed by atoms with Crippen LogP contribution in [0.3, 0.4) is 0 Å². The van der Waals surface area contributed by atoms with Gasteiger partial charge < -0.3 is 0 Å². The molecule has 84 valence electrons. The molecule has 0 aromatic heterocycles. The van der Waals surface area contributed by atoms with E-state index in [2.05, 4.69) is 31.7 Å². The van der Waals surface area contributed by atoms with Gasteiger partial charge in [0.05, 0.1) is 0 Å².